The molecule has 1 amide bonds. The Kier molecular flexibility index (Phi) is 5.44. The summed E-state index contributed by atoms with van der Waals surface area (Å²) < 4.78 is 5.68. The van der Waals surface area contributed by atoms with Crippen molar-refractivity contribution in [1.29, 1.82) is 0 Å². The summed E-state index contributed by atoms with van der Waals surface area (Å²) in [6, 6.07) is 0. The van der Waals surface area contributed by atoms with Crippen LogP contribution < -0.4 is 5.32 Å². The van der Waals surface area contributed by atoms with Crippen molar-refractivity contribution in [3.05, 3.63) is 0 Å². The molecule has 0 radical (unpaired) electrons. The van der Waals surface area contributed by atoms with Crippen LogP contribution in [0.15, 0.2) is 0 Å². The van der Waals surface area contributed by atoms with Crippen molar-refractivity contribution in [3.8, 4) is 0 Å². The number of carbonyl (C=O) groups excluding carboxylic acids is 1. The largest absolute Gasteiger partial charge is 0.372 e. The summed E-state index contributed by atoms with van der Waals surface area (Å²) in [6.07, 6.45) is 3.26. The van der Waals surface area contributed by atoms with Gasteiger partial charge >= 0.3 is 0 Å². The summed E-state index contributed by atoms with van der Waals surface area (Å²) in [6.45, 7) is 8.60. The van der Waals surface area contributed by atoms with Crippen LogP contribution in [-0.2, 0) is 9.53 Å². The van der Waals surface area contributed by atoms with E-state index in [0.717, 1.165) is 38.9 Å². The predicted molar refractivity (Wildman–Crippen MR) is 74.1 cm³/mol. The van der Waals surface area contributed by atoms with Crippen molar-refractivity contribution in [2.45, 2.75) is 57.8 Å². The first kappa shape index (κ1) is 15.7. The molecule has 2 fully saturated rings. The average molecular weight is 277 g/mol. The van der Waals surface area contributed by atoms with Gasteiger partial charge in [-0.1, -0.05) is 6.92 Å². The molecule has 5 heteroatoms. The number of nitrogens with zero attached hydrogens (tertiary/aromatic N) is 1. The molecule has 2 rings (SSSR count). The smallest absolute Gasteiger partial charge is 0.243 e. The van der Waals surface area contributed by atoms with Gasteiger partial charge in [-0.2, -0.15) is 0 Å². The van der Waals surface area contributed by atoms with E-state index in [0.29, 0.717) is 0 Å². The van der Waals surface area contributed by atoms with E-state index in [1.807, 2.05) is 18.7 Å². The number of hydrogen-bond acceptors (Lipinski definition) is 3. The summed E-state index contributed by atoms with van der Waals surface area (Å²) in [5, 5.41) is 3.41. The lowest BCUT2D eigenvalue weighted by atomic mass is 9.92. The third-order valence-corrected chi connectivity index (χ3v) is 3.96. The highest BCUT2D eigenvalue weighted by molar-refractivity contribution is 5.87. The van der Waals surface area contributed by atoms with E-state index >= 15 is 0 Å². The number of amides is 1. The highest BCUT2D eigenvalue weighted by Gasteiger charge is 2.43. The fraction of sp³-hybridized carbons (Fsp3) is 0.923. The Morgan fingerprint density at radius 3 is 2.44 bits per heavy atom. The fourth-order valence-electron chi connectivity index (χ4n) is 3.09. The van der Waals surface area contributed by atoms with Gasteiger partial charge in [-0.25, -0.2) is 0 Å². The molecule has 0 aromatic carbocycles. The van der Waals surface area contributed by atoms with Crippen LogP contribution in [0.4, 0.5) is 0 Å². The minimum absolute atomic E-state index is 0. The quantitative estimate of drug-likeness (QED) is 0.833. The Morgan fingerprint density at radius 2 is 2.00 bits per heavy atom. The number of morpholine rings is 1. The number of hydrogen-bond donors (Lipinski definition) is 1. The summed E-state index contributed by atoms with van der Waals surface area (Å²) in [7, 11) is 0. The monoisotopic (exact) mass is 276 g/mol. The molecule has 3 atom stereocenters. The molecule has 2 aliphatic heterocycles. The van der Waals surface area contributed by atoms with Crippen LogP contribution in [0, 0.1) is 0 Å². The second kappa shape index (κ2) is 6.22. The van der Waals surface area contributed by atoms with Crippen molar-refractivity contribution in [1.82, 2.24) is 10.2 Å². The van der Waals surface area contributed by atoms with E-state index in [1.165, 1.54) is 0 Å². The molecule has 4 nitrogen and oxygen atoms in total. The SMILES string of the molecule is CCC1(C(=O)N2CC(C)OC(C)C2)CCCN1.Cl. The minimum Gasteiger partial charge on any atom is -0.372 e. The molecule has 2 saturated heterocycles. The van der Waals surface area contributed by atoms with Crippen molar-refractivity contribution in [2.75, 3.05) is 19.6 Å². The lowest BCUT2D eigenvalue weighted by molar-refractivity contribution is -0.149. The molecule has 106 valence electrons. The molecule has 18 heavy (non-hydrogen) atoms. The number of nitrogens with one attached hydrogen (secondary N) is 1. The lowest BCUT2D eigenvalue weighted by Crippen LogP contribution is -2.59. The zero-order chi connectivity index (χ0) is 12.5. The van der Waals surface area contributed by atoms with Crippen molar-refractivity contribution < 1.29 is 9.53 Å². The van der Waals surface area contributed by atoms with Crippen LogP contribution in [0.3, 0.4) is 0 Å². The highest BCUT2D eigenvalue weighted by atomic mass is 35.5. The Hall–Kier alpha value is -0.320. The zero-order valence-corrected chi connectivity index (χ0v) is 12.4. The molecule has 0 aromatic rings. The van der Waals surface area contributed by atoms with Gasteiger partial charge in [-0.15, -0.1) is 12.4 Å². The Labute approximate surface area is 116 Å². The van der Waals surface area contributed by atoms with Crippen LogP contribution in [0.25, 0.3) is 0 Å². The van der Waals surface area contributed by atoms with Gasteiger partial charge < -0.3 is 15.0 Å². The minimum atomic E-state index is -0.295. The molecular formula is C13H25ClN2O2. The number of ether oxygens (including phenoxy) is 1. The van der Waals surface area contributed by atoms with E-state index in [4.69, 9.17) is 4.74 Å². The van der Waals surface area contributed by atoms with E-state index < -0.39 is 0 Å². The molecule has 2 heterocycles. The molecule has 2 aliphatic rings. The maximum absolute atomic E-state index is 12.7. The van der Waals surface area contributed by atoms with Crippen molar-refractivity contribution >= 4 is 18.3 Å². The van der Waals surface area contributed by atoms with E-state index in [-0.39, 0.29) is 36.1 Å². The number of carbonyl (C=O) groups is 1. The topological polar surface area (TPSA) is 41.6 Å². The first-order valence-electron chi connectivity index (χ1n) is 6.77. The van der Waals surface area contributed by atoms with Gasteiger partial charge in [0.05, 0.1) is 17.7 Å². The van der Waals surface area contributed by atoms with Crippen molar-refractivity contribution in [3.63, 3.8) is 0 Å². The molecule has 0 spiro atoms. The van der Waals surface area contributed by atoms with E-state index in [1.54, 1.807) is 0 Å². The highest BCUT2D eigenvalue weighted by Crippen LogP contribution is 2.27. The van der Waals surface area contributed by atoms with Gasteiger partial charge in [0.25, 0.3) is 0 Å². The standard InChI is InChI=1S/C13H24N2O2.ClH/c1-4-13(6-5-7-14-13)12(16)15-8-10(2)17-11(3)9-15;/h10-11,14H,4-9H2,1-3H3;1H. The first-order chi connectivity index (χ1) is 8.07. The molecule has 1 N–H and O–H groups in total. The molecule has 0 bridgehead atoms. The van der Waals surface area contributed by atoms with Gasteiger partial charge in [0.15, 0.2) is 0 Å². The summed E-state index contributed by atoms with van der Waals surface area (Å²) in [5.41, 5.74) is -0.295. The van der Waals surface area contributed by atoms with Gasteiger partial charge in [0.2, 0.25) is 5.91 Å². The second-order valence-corrected chi connectivity index (χ2v) is 5.43. The van der Waals surface area contributed by atoms with Gasteiger partial charge in [0.1, 0.15) is 0 Å². The van der Waals surface area contributed by atoms with Crippen LogP contribution in [-0.4, -0.2) is 48.2 Å². The lowest BCUT2D eigenvalue weighted by Gasteiger charge is -2.40. The third-order valence-electron chi connectivity index (χ3n) is 3.96. The summed E-state index contributed by atoms with van der Waals surface area (Å²) in [4.78, 5) is 14.6. The van der Waals surface area contributed by atoms with E-state index in [2.05, 4.69) is 12.2 Å². The summed E-state index contributed by atoms with van der Waals surface area (Å²) in [5.74, 6) is 0.277. The Morgan fingerprint density at radius 1 is 1.39 bits per heavy atom. The fourth-order valence-corrected chi connectivity index (χ4v) is 3.09. The molecular weight excluding hydrogens is 252 g/mol. The van der Waals surface area contributed by atoms with E-state index in [9.17, 15) is 4.79 Å². The summed E-state index contributed by atoms with van der Waals surface area (Å²) >= 11 is 0. The number of rotatable bonds is 2. The Balaban J connectivity index is 0.00000162. The van der Waals surface area contributed by atoms with Gasteiger partial charge in [-0.3, -0.25) is 4.79 Å². The molecule has 0 aliphatic carbocycles. The normalized spacial score (nSPS) is 36.3. The van der Waals surface area contributed by atoms with Crippen LogP contribution in [0.1, 0.15) is 40.0 Å². The maximum atomic E-state index is 12.7. The third kappa shape index (κ3) is 2.98. The predicted octanol–water partition coefficient (Wildman–Crippen LogP) is 1.58. The Bertz CT molecular complexity index is 283. The number of halogens is 1. The van der Waals surface area contributed by atoms with Gasteiger partial charge in [0, 0.05) is 13.1 Å². The zero-order valence-electron chi connectivity index (χ0n) is 11.6. The van der Waals surface area contributed by atoms with Gasteiger partial charge in [-0.05, 0) is 39.7 Å². The first-order valence-corrected chi connectivity index (χ1v) is 6.77. The van der Waals surface area contributed by atoms with Crippen molar-refractivity contribution in [2.24, 2.45) is 0 Å². The maximum Gasteiger partial charge on any atom is 0.243 e. The molecule has 3 unspecified atom stereocenters. The van der Waals surface area contributed by atoms with Crippen LogP contribution in [0.2, 0.25) is 0 Å². The molecule has 0 saturated carbocycles. The average Bonchev–Trinajstić information content (AvgIpc) is 2.76. The molecule has 0 aromatic heterocycles. The van der Waals surface area contributed by atoms with Crippen LogP contribution in [0.5, 0.6) is 0 Å². The second-order valence-electron chi connectivity index (χ2n) is 5.43. The van der Waals surface area contributed by atoms with Crippen LogP contribution >= 0.6 is 12.4 Å².